The number of nitrogen functional groups attached to an aromatic ring is 1. The number of hydrogen-bond acceptors (Lipinski definition) is 5. The molecule has 0 fully saturated rings. The van der Waals surface area contributed by atoms with Crippen LogP contribution in [0.15, 0.2) is 36.4 Å². The molecule has 0 saturated carbocycles. The lowest BCUT2D eigenvalue weighted by molar-refractivity contribution is -0.119. The van der Waals surface area contributed by atoms with Crippen molar-refractivity contribution in [2.45, 2.75) is 0 Å². The fourth-order valence-corrected chi connectivity index (χ4v) is 2.35. The Morgan fingerprint density at radius 3 is 2.67 bits per heavy atom. The number of anilines is 2. The second kappa shape index (κ2) is 7.90. The molecule has 0 spiro atoms. The number of rotatable bonds is 5. The van der Waals surface area contributed by atoms with Gasteiger partial charge >= 0.3 is 5.97 Å². The van der Waals surface area contributed by atoms with Crippen LogP contribution in [0.2, 0.25) is 10.0 Å². The molecular weight excluding hydrogens is 355 g/mol. The molecule has 8 heteroatoms. The van der Waals surface area contributed by atoms with Crippen molar-refractivity contribution >= 4 is 46.5 Å². The first-order valence-electron chi connectivity index (χ1n) is 6.76. The van der Waals surface area contributed by atoms with Crippen molar-refractivity contribution in [1.82, 2.24) is 0 Å². The van der Waals surface area contributed by atoms with E-state index in [1.54, 1.807) is 24.3 Å². The van der Waals surface area contributed by atoms with E-state index in [0.29, 0.717) is 11.4 Å². The van der Waals surface area contributed by atoms with Crippen molar-refractivity contribution in [1.29, 1.82) is 0 Å². The first-order chi connectivity index (χ1) is 11.4. The highest BCUT2D eigenvalue weighted by Gasteiger charge is 2.16. The second-order valence-electron chi connectivity index (χ2n) is 4.71. The number of methoxy groups -OCH3 is 1. The lowest BCUT2D eigenvalue weighted by Gasteiger charge is -2.10. The van der Waals surface area contributed by atoms with Crippen LogP contribution in [0.25, 0.3) is 0 Å². The Bertz CT molecular complexity index is 781. The van der Waals surface area contributed by atoms with Crippen LogP contribution in [0.3, 0.4) is 0 Å². The van der Waals surface area contributed by atoms with E-state index >= 15 is 0 Å². The molecule has 0 aliphatic rings. The Labute approximate surface area is 148 Å². The molecule has 2 aromatic carbocycles. The van der Waals surface area contributed by atoms with Crippen molar-refractivity contribution in [3.05, 3.63) is 52.0 Å². The van der Waals surface area contributed by atoms with E-state index in [1.807, 2.05) is 0 Å². The van der Waals surface area contributed by atoms with E-state index in [1.165, 1.54) is 19.2 Å². The lowest BCUT2D eigenvalue weighted by atomic mass is 10.2. The average molecular weight is 369 g/mol. The number of halogens is 2. The molecule has 2 rings (SSSR count). The molecular formula is C16H14Cl2N2O4. The highest BCUT2D eigenvalue weighted by molar-refractivity contribution is 6.37. The van der Waals surface area contributed by atoms with Gasteiger partial charge in [0.15, 0.2) is 6.61 Å². The van der Waals surface area contributed by atoms with Gasteiger partial charge in [-0.25, -0.2) is 4.79 Å². The number of carbonyl (C=O) groups is 2. The van der Waals surface area contributed by atoms with E-state index in [-0.39, 0.29) is 21.3 Å². The summed E-state index contributed by atoms with van der Waals surface area (Å²) in [7, 11) is 1.52. The van der Waals surface area contributed by atoms with Gasteiger partial charge in [0.2, 0.25) is 0 Å². The van der Waals surface area contributed by atoms with Gasteiger partial charge in [-0.2, -0.15) is 0 Å². The standard InChI is InChI=1S/C16H14Cl2N2O4/c1-23-11-4-2-3-10(7-11)20-14(21)8-24-16(22)12-5-9(17)6-13(18)15(12)19/h2-7H,8,19H2,1H3,(H,20,21). The topological polar surface area (TPSA) is 90.6 Å². The summed E-state index contributed by atoms with van der Waals surface area (Å²) in [5, 5.41) is 2.95. The normalized spacial score (nSPS) is 10.1. The maximum absolute atomic E-state index is 12.0. The van der Waals surface area contributed by atoms with Gasteiger partial charge in [0.25, 0.3) is 5.91 Å². The van der Waals surface area contributed by atoms with Crippen molar-refractivity contribution < 1.29 is 19.1 Å². The summed E-state index contributed by atoms with van der Waals surface area (Å²) < 4.78 is 9.98. The Morgan fingerprint density at radius 2 is 1.96 bits per heavy atom. The van der Waals surface area contributed by atoms with Crippen molar-refractivity contribution in [3.63, 3.8) is 0 Å². The zero-order chi connectivity index (χ0) is 17.7. The van der Waals surface area contributed by atoms with Crippen LogP contribution in [0.4, 0.5) is 11.4 Å². The lowest BCUT2D eigenvalue weighted by Crippen LogP contribution is -2.21. The number of esters is 1. The van der Waals surface area contributed by atoms with E-state index < -0.39 is 18.5 Å². The van der Waals surface area contributed by atoms with Gasteiger partial charge in [-0.15, -0.1) is 0 Å². The predicted molar refractivity (Wildman–Crippen MR) is 92.8 cm³/mol. The molecule has 0 unspecified atom stereocenters. The molecule has 0 aliphatic carbocycles. The summed E-state index contributed by atoms with van der Waals surface area (Å²) >= 11 is 11.7. The number of nitrogens with one attached hydrogen (secondary N) is 1. The SMILES string of the molecule is COc1cccc(NC(=O)COC(=O)c2cc(Cl)cc(Cl)c2N)c1. The van der Waals surface area contributed by atoms with Crippen molar-refractivity contribution in [3.8, 4) is 5.75 Å². The Hall–Kier alpha value is -2.44. The Morgan fingerprint density at radius 1 is 1.21 bits per heavy atom. The van der Waals surface area contributed by atoms with Gasteiger partial charge in [0.05, 0.1) is 23.4 Å². The van der Waals surface area contributed by atoms with Crippen LogP contribution < -0.4 is 15.8 Å². The van der Waals surface area contributed by atoms with Gasteiger partial charge in [0.1, 0.15) is 5.75 Å². The number of ether oxygens (including phenoxy) is 2. The third kappa shape index (κ3) is 4.53. The largest absolute Gasteiger partial charge is 0.497 e. The van der Waals surface area contributed by atoms with E-state index in [4.69, 9.17) is 38.4 Å². The van der Waals surface area contributed by atoms with Crippen LogP contribution in [0, 0.1) is 0 Å². The summed E-state index contributed by atoms with van der Waals surface area (Å²) in [6, 6.07) is 9.50. The number of benzene rings is 2. The van der Waals surface area contributed by atoms with E-state index in [2.05, 4.69) is 5.32 Å². The van der Waals surface area contributed by atoms with Gasteiger partial charge < -0.3 is 20.5 Å². The minimum atomic E-state index is -0.794. The molecule has 3 N–H and O–H groups in total. The number of hydrogen-bond donors (Lipinski definition) is 2. The average Bonchev–Trinajstić information content (AvgIpc) is 2.56. The molecule has 0 radical (unpaired) electrons. The Balaban J connectivity index is 1.97. The number of carbonyl (C=O) groups excluding carboxylic acids is 2. The molecule has 24 heavy (non-hydrogen) atoms. The predicted octanol–water partition coefficient (Wildman–Crippen LogP) is 3.38. The molecule has 0 heterocycles. The first-order valence-corrected chi connectivity index (χ1v) is 7.52. The molecule has 0 bridgehead atoms. The molecule has 0 aliphatic heterocycles. The monoisotopic (exact) mass is 368 g/mol. The smallest absolute Gasteiger partial charge is 0.340 e. The van der Waals surface area contributed by atoms with Crippen LogP contribution in [0.5, 0.6) is 5.75 Å². The summed E-state index contributed by atoms with van der Waals surface area (Å²) in [6.07, 6.45) is 0. The third-order valence-corrected chi connectivity index (χ3v) is 3.53. The van der Waals surface area contributed by atoms with E-state index in [9.17, 15) is 9.59 Å². The second-order valence-corrected chi connectivity index (χ2v) is 5.55. The third-order valence-electron chi connectivity index (χ3n) is 3.00. The highest BCUT2D eigenvalue weighted by Crippen LogP contribution is 2.28. The van der Waals surface area contributed by atoms with Crippen molar-refractivity contribution in [2.24, 2.45) is 0 Å². The fourth-order valence-electron chi connectivity index (χ4n) is 1.86. The Kier molecular flexibility index (Phi) is 5.89. The summed E-state index contributed by atoms with van der Waals surface area (Å²) in [4.78, 5) is 23.9. The number of amides is 1. The zero-order valence-electron chi connectivity index (χ0n) is 12.6. The fraction of sp³-hybridized carbons (Fsp3) is 0.125. The zero-order valence-corrected chi connectivity index (χ0v) is 14.1. The van der Waals surface area contributed by atoms with Crippen molar-refractivity contribution in [2.75, 3.05) is 24.8 Å². The summed E-state index contributed by atoms with van der Waals surface area (Å²) in [5.41, 5.74) is 6.27. The summed E-state index contributed by atoms with van der Waals surface area (Å²) in [6.45, 7) is -0.486. The first kappa shape index (κ1) is 17.9. The minimum Gasteiger partial charge on any atom is -0.497 e. The van der Waals surface area contributed by atoms with Crippen LogP contribution in [-0.4, -0.2) is 25.6 Å². The molecule has 1 amide bonds. The van der Waals surface area contributed by atoms with Gasteiger partial charge in [-0.1, -0.05) is 29.3 Å². The summed E-state index contributed by atoms with van der Waals surface area (Å²) in [5.74, 6) is -0.716. The minimum absolute atomic E-state index is 0.00156. The quantitative estimate of drug-likeness (QED) is 0.623. The van der Waals surface area contributed by atoms with Gasteiger partial charge in [0, 0.05) is 16.8 Å². The highest BCUT2D eigenvalue weighted by atomic mass is 35.5. The molecule has 2 aromatic rings. The molecule has 0 aromatic heterocycles. The maximum atomic E-state index is 12.0. The molecule has 126 valence electrons. The van der Waals surface area contributed by atoms with Gasteiger partial charge in [-0.3, -0.25) is 4.79 Å². The molecule has 6 nitrogen and oxygen atoms in total. The van der Waals surface area contributed by atoms with Crippen LogP contribution in [-0.2, 0) is 9.53 Å². The molecule has 0 atom stereocenters. The van der Waals surface area contributed by atoms with Gasteiger partial charge in [-0.05, 0) is 24.3 Å². The number of nitrogens with two attached hydrogens (primary N) is 1. The van der Waals surface area contributed by atoms with E-state index in [0.717, 1.165) is 0 Å². The maximum Gasteiger partial charge on any atom is 0.340 e. The van der Waals surface area contributed by atoms with Crippen LogP contribution >= 0.6 is 23.2 Å². The van der Waals surface area contributed by atoms with Crippen LogP contribution in [0.1, 0.15) is 10.4 Å². The molecule has 0 saturated heterocycles.